The topological polar surface area (TPSA) is 58.6 Å². The minimum Gasteiger partial charge on any atom is -0.374 e. The van der Waals surface area contributed by atoms with Crippen LogP contribution in [0, 0.1) is 17.5 Å². The molecule has 0 amide bonds. The first-order valence-electron chi connectivity index (χ1n) is 6.24. The number of benzene rings is 1. The summed E-state index contributed by atoms with van der Waals surface area (Å²) < 4.78 is 70.8. The molecule has 0 aliphatic carbocycles. The van der Waals surface area contributed by atoms with E-state index in [9.17, 15) is 21.6 Å². The van der Waals surface area contributed by atoms with Gasteiger partial charge in [-0.15, -0.1) is 0 Å². The summed E-state index contributed by atoms with van der Waals surface area (Å²) in [7, 11) is -2.42. The van der Waals surface area contributed by atoms with Crippen molar-refractivity contribution in [2.75, 3.05) is 33.3 Å². The maximum atomic E-state index is 13.5. The maximum absolute atomic E-state index is 13.5. The van der Waals surface area contributed by atoms with E-state index in [0.29, 0.717) is 25.3 Å². The van der Waals surface area contributed by atoms with Crippen LogP contribution in [-0.4, -0.2) is 52.7 Å². The van der Waals surface area contributed by atoms with E-state index in [1.54, 1.807) is 0 Å². The van der Waals surface area contributed by atoms with E-state index in [0.717, 1.165) is 6.54 Å². The van der Waals surface area contributed by atoms with Gasteiger partial charge in [-0.2, -0.15) is 0 Å². The normalized spacial score (nSPS) is 20.7. The van der Waals surface area contributed by atoms with Crippen molar-refractivity contribution in [3.63, 3.8) is 0 Å². The lowest BCUT2D eigenvalue weighted by molar-refractivity contribution is -0.0156. The summed E-state index contributed by atoms with van der Waals surface area (Å²) in [5.74, 6) is -4.99. The number of nitrogens with one attached hydrogen (secondary N) is 1. The Kier molecular flexibility index (Phi) is 4.87. The van der Waals surface area contributed by atoms with Crippen LogP contribution in [0.25, 0.3) is 0 Å². The van der Waals surface area contributed by atoms with Crippen LogP contribution in [0.2, 0.25) is 0 Å². The van der Waals surface area contributed by atoms with E-state index >= 15 is 0 Å². The number of hydrogen-bond acceptors (Lipinski definition) is 4. The summed E-state index contributed by atoms with van der Waals surface area (Å²) >= 11 is 0. The van der Waals surface area contributed by atoms with Gasteiger partial charge in [-0.25, -0.2) is 26.3 Å². The summed E-state index contributed by atoms with van der Waals surface area (Å²) in [6.07, 6.45) is -0.383. The Balaban J connectivity index is 2.10. The van der Waals surface area contributed by atoms with Crippen LogP contribution in [0.5, 0.6) is 0 Å². The summed E-state index contributed by atoms with van der Waals surface area (Å²) in [5, 5.41) is 0. The second-order valence-corrected chi connectivity index (χ2v) is 6.52. The molecule has 1 unspecified atom stereocenters. The molecular formula is C12H15F3N2O3S. The second-order valence-electron chi connectivity index (χ2n) is 4.78. The molecule has 5 nitrogen and oxygen atoms in total. The highest BCUT2D eigenvalue weighted by molar-refractivity contribution is 7.89. The highest BCUT2D eigenvalue weighted by atomic mass is 32.2. The Bertz CT molecular complexity index is 624. The van der Waals surface area contributed by atoms with Crippen LogP contribution in [0.15, 0.2) is 17.0 Å². The minimum absolute atomic E-state index is 0.0783. The SMILES string of the molecule is CN1CCOC(CNS(=O)(=O)c2ccc(F)c(F)c2F)C1. The fraction of sp³-hybridized carbons (Fsp3) is 0.500. The Morgan fingerprint density at radius 2 is 2.05 bits per heavy atom. The first kappa shape index (κ1) is 16.2. The first-order chi connectivity index (χ1) is 9.81. The van der Waals surface area contributed by atoms with E-state index in [4.69, 9.17) is 4.74 Å². The Hall–Kier alpha value is -1.16. The van der Waals surface area contributed by atoms with Crippen LogP contribution in [0.4, 0.5) is 13.2 Å². The van der Waals surface area contributed by atoms with Gasteiger partial charge < -0.3 is 9.64 Å². The molecule has 9 heteroatoms. The molecule has 0 radical (unpaired) electrons. The van der Waals surface area contributed by atoms with Gasteiger partial charge in [0.2, 0.25) is 10.0 Å². The van der Waals surface area contributed by atoms with Gasteiger partial charge in [0.1, 0.15) is 4.90 Å². The Labute approximate surface area is 120 Å². The van der Waals surface area contributed by atoms with Crippen molar-refractivity contribution in [1.82, 2.24) is 9.62 Å². The molecule has 1 aliphatic heterocycles. The van der Waals surface area contributed by atoms with Crippen molar-refractivity contribution in [3.05, 3.63) is 29.6 Å². The number of morpholine rings is 1. The van der Waals surface area contributed by atoms with Gasteiger partial charge >= 0.3 is 0 Å². The minimum atomic E-state index is -4.28. The van der Waals surface area contributed by atoms with Gasteiger partial charge in [0, 0.05) is 19.6 Å². The highest BCUT2D eigenvalue weighted by Crippen LogP contribution is 2.19. The molecule has 1 atom stereocenters. The fourth-order valence-corrected chi connectivity index (χ4v) is 3.12. The number of ether oxygens (including phenoxy) is 1. The third kappa shape index (κ3) is 3.73. The van der Waals surface area contributed by atoms with E-state index in [2.05, 4.69) is 4.72 Å². The third-order valence-corrected chi connectivity index (χ3v) is 4.57. The molecule has 21 heavy (non-hydrogen) atoms. The zero-order valence-electron chi connectivity index (χ0n) is 11.3. The predicted molar refractivity (Wildman–Crippen MR) is 68.7 cm³/mol. The number of halogens is 3. The molecule has 118 valence electrons. The zero-order valence-corrected chi connectivity index (χ0v) is 12.1. The van der Waals surface area contributed by atoms with Crippen molar-refractivity contribution in [2.45, 2.75) is 11.0 Å². The number of sulfonamides is 1. The first-order valence-corrected chi connectivity index (χ1v) is 7.73. The molecule has 1 saturated heterocycles. The predicted octanol–water partition coefficient (Wildman–Crippen LogP) is 0.713. The van der Waals surface area contributed by atoms with Gasteiger partial charge in [0.05, 0.1) is 12.7 Å². The lowest BCUT2D eigenvalue weighted by atomic mass is 10.3. The van der Waals surface area contributed by atoms with Crippen molar-refractivity contribution in [2.24, 2.45) is 0 Å². The average molecular weight is 324 g/mol. The highest BCUT2D eigenvalue weighted by Gasteiger charge is 2.26. The molecular weight excluding hydrogens is 309 g/mol. The van der Waals surface area contributed by atoms with Gasteiger partial charge in [-0.3, -0.25) is 0 Å². The van der Waals surface area contributed by atoms with Crippen LogP contribution < -0.4 is 4.72 Å². The average Bonchev–Trinajstić information content (AvgIpc) is 2.43. The van der Waals surface area contributed by atoms with E-state index < -0.39 is 32.4 Å². The van der Waals surface area contributed by atoms with E-state index in [1.807, 2.05) is 11.9 Å². The maximum Gasteiger partial charge on any atom is 0.243 e. The van der Waals surface area contributed by atoms with Crippen molar-refractivity contribution in [1.29, 1.82) is 0 Å². The second kappa shape index (κ2) is 6.30. The number of rotatable bonds is 4. The molecule has 0 bridgehead atoms. The number of hydrogen-bond donors (Lipinski definition) is 1. The van der Waals surface area contributed by atoms with Gasteiger partial charge in [0.25, 0.3) is 0 Å². The molecule has 1 fully saturated rings. The standard InChI is InChI=1S/C12H15F3N2O3S/c1-17-4-5-20-8(7-17)6-16-21(18,19)10-3-2-9(13)11(14)12(10)15/h2-3,8,16H,4-7H2,1H3. The number of nitrogens with zero attached hydrogens (tertiary/aromatic N) is 1. The lowest BCUT2D eigenvalue weighted by Gasteiger charge is -2.30. The molecule has 1 aromatic rings. The molecule has 0 aromatic heterocycles. The van der Waals surface area contributed by atoms with Crippen molar-refractivity contribution < 1.29 is 26.3 Å². The Morgan fingerprint density at radius 1 is 1.33 bits per heavy atom. The summed E-state index contributed by atoms with van der Waals surface area (Å²) in [4.78, 5) is 1.03. The molecule has 1 aliphatic rings. The van der Waals surface area contributed by atoms with Crippen LogP contribution in [-0.2, 0) is 14.8 Å². The smallest absolute Gasteiger partial charge is 0.243 e. The number of likely N-dealkylation sites (N-methyl/N-ethyl adjacent to an activating group) is 1. The van der Waals surface area contributed by atoms with Crippen molar-refractivity contribution >= 4 is 10.0 Å². The largest absolute Gasteiger partial charge is 0.374 e. The van der Waals surface area contributed by atoms with E-state index in [-0.39, 0.29) is 12.6 Å². The molecule has 0 spiro atoms. The fourth-order valence-electron chi connectivity index (χ4n) is 1.99. The summed E-state index contributed by atoms with van der Waals surface area (Å²) in [6.45, 7) is 1.64. The van der Waals surface area contributed by atoms with Gasteiger partial charge in [-0.05, 0) is 19.2 Å². The molecule has 1 N–H and O–H groups in total. The monoisotopic (exact) mass is 324 g/mol. The zero-order chi connectivity index (χ0) is 15.6. The quantitative estimate of drug-likeness (QED) is 0.829. The van der Waals surface area contributed by atoms with Crippen molar-refractivity contribution in [3.8, 4) is 0 Å². The van der Waals surface area contributed by atoms with Gasteiger partial charge in [-0.1, -0.05) is 0 Å². The van der Waals surface area contributed by atoms with Crippen LogP contribution in [0.1, 0.15) is 0 Å². The van der Waals surface area contributed by atoms with Gasteiger partial charge in [0.15, 0.2) is 17.5 Å². The third-order valence-electron chi connectivity index (χ3n) is 3.13. The van der Waals surface area contributed by atoms with Crippen LogP contribution in [0.3, 0.4) is 0 Å². The molecule has 0 saturated carbocycles. The molecule has 1 heterocycles. The molecule has 2 rings (SSSR count). The van der Waals surface area contributed by atoms with Crippen LogP contribution >= 0.6 is 0 Å². The lowest BCUT2D eigenvalue weighted by Crippen LogP contribution is -2.46. The molecule has 1 aromatic carbocycles. The van der Waals surface area contributed by atoms with E-state index in [1.165, 1.54) is 0 Å². The summed E-state index contributed by atoms with van der Waals surface area (Å²) in [6, 6.07) is 1.25. The summed E-state index contributed by atoms with van der Waals surface area (Å²) in [5.41, 5.74) is 0. The Morgan fingerprint density at radius 3 is 2.71 bits per heavy atom.